The second kappa shape index (κ2) is 20.8. The van der Waals surface area contributed by atoms with Crippen molar-refractivity contribution in [3.8, 4) is 0 Å². The molecule has 6 nitrogen and oxygen atoms in total. The zero-order valence-corrected chi connectivity index (χ0v) is 17.6. The van der Waals surface area contributed by atoms with Crippen LogP contribution in [0.4, 0.5) is 0 Å². The van der Waals surface area contributed by atoms with E-state index in [0.29, 0.717) is 0 Å². The Morgan fingerprint density at radius 1 is 0.792 bits per heavy atom. The largest absolute Gasteiger partial charge is 0.469 e. The predicted octanol–water partition coefficient (Wildman–Crippen LogP) is 3.94. The van der Waals surface area contributed by atoms with Crippen LogP contribution in [0.5, 0.6) is 0 Å². The molecule has 0 rings (SSSR count). The Morgan fingerprint density at radius 2 is 1.17 bits per heavy atom. The number of Topliss-reactive ketones (excluding diaryl/α,β-unsaturated/α-hetero) is 1. The number of unbranched alkanes of at least 4 members (excludes halogenated alkanes) is 3. The van der Waals surface area contributed by atoms with E-state index in [4.69, 9.17) is 9.96 Å². The molecule has 0 aliphatic carbocycles. The van der Waals surface area contributed by atoms with Gasteiger partial charge in [-0.3, -0.25) is 9.59 Å². The number of carbonyl (C=O) groups excluding carboxylic acids is 2. The van der Waals surface area contributed by atoms with Gasteiger partial charge < -0.3 is 4.74 Å². The molecule has 0 aromatic carbocycles. The number of hydrogen-bond acceptors (Lipinski definition) is 6. The number of methoxy groups -OCH3 is 1. The van der Waals surface area contributed by atoms with E-state index in [9.17, 15) is 9.59 Å². The third-order valence-electron chi connectivity index (χ3n) is 2.77. The molecule has 0 bridgehead atoms. The summed E-state index contributed by atoms with van der Waals surface area (Å²) in [6, 6.07) is 0. The first-order valence-corrected chi connectivity index (χ1v) is 10.7. The van der Waals surface area contributed by atoms with Crippen LogP contribution in [0.15, 0.2) is 0 Å². The molecule has 143 valence electrons. The Hall–Kier alpha value is -0.266. The molecule has 0 aromatic rings. The van der Waals surface area contributed by atoms with Gasteiger partial charge in [-0.25, -0.2) is 0 Å². The van der Waals surface area contributed by atoms with Crippen molar-refractivity contribution in [2.24, 2.45) is 0 Å². The smallest absolute Gasteiger partial charge is 0.313 e. The standard InChI is InChI=1S/C5H8O3.3C4H9O.Ti/c1-4(6)3-5(7)8-2;3*1-2-3-4-5;/h3H2,1-2H3;3*2-4H2,1H3;/q;3*-1;+3. The van der Waals surface area contributed by atoms with Crippen LogP contribution in [0.25, 0.3) is 0 Å². The first-order valence-electron chi connectivity index (χ1n) is 8.83. The minimum Gasteiger partial charge on any atom is -0.469 e. The fourth-order valence-electron chi connectivity index (χ4n) is 1.30. The van der Waals surface area contributed by atoms with Gasteiger partial charge in [0.2, 0.25) is 0 Å². The SMILES string of the molecule is CCCC[O][Ti]([O]CCCC)[O]CCCC.COC(=O)CC(C)=O. The molecule has 0 radical (unpaired) electrons. The van der Waals surface area contributed by atoms with E-state index in [1.165, 1.54) is 14.0 Å². The van der Waals surface area contributed by atoms with Gasteiger partial charge in [-0.1, -0.05) is 0 Å². The summed E-state index contributed by atoms with van der Waals surface area (Å²) < 4.78 is 21.3. The topological polar surface area (TPSA) is 71.1 Å². The number of ketones is 1. The van der Waals surface area contributed by atoms with Crippen molar-refractivity contribution < 1.29 is 43.3 Å². The molecule has 0 heterocycles. The van der Waals surface area contributed by atoms with Crippen LogP contribution in [-0.4, -0.2) is 38.7 Å². The van der Waals surface area contributed by atoms with Gasteiger partial charge in [0, 0.05) is 0 Å². The number of ether oxygens (including phenoxy) is 1. The van der Waals surface area contributed by atoms with Crippen molar-refractivity contribution in [1.29, 1.82) is 0 Å². The van der Waals surface area contributed by atoms with E-state index in [1.807, 2.05) is 0 Å². The zero-order valence-electron chi connectivity index (χ0n) is 16.0. The van der Waals surface area contributed by atoms with Gasteiger partial charge in [0.15, 0.2) is 0 Å². The second-order valence-electron chi connectivity index (χ2n) is 5.31. The predicted molar refractivity (Wildman–Crippen MR) is 89.9 cm³/mol. The van der Waals surface area contributed by atoms with E-state index in [-0.39, 0.29) is 12.2 Å². The minimum atomic E-state index is -2.10. The molecule has 0 aliphatic heterocycles. The number of esters is 1. The number of rotatable bonds is 14. The van der Waals surface area contributed by atoms with Crippen molar-refractivity contribution in [1.82, 2.24) is 0 Å². The average Bonchev–Trinajstić information content (AvgIpc) is 2.55. The van der Waals surface area contributed by atoms with Crippen molar-refractivity contribution in [3.63, 3.8) is 0 Å². The fraction of sp³-hybridized carbons (Fsp3) is 0.882. The van der Waals surface area contributed by atoms with Gasteiger partial charge in [-0.15, -0.1) is 0 Å². The summed E-state index contributed by atoms with van der Waals surface area (Å²) in [5.74, 6) is -0.644. The maximum Gasteiger partial charge on any atom is 0.313 e. The molecule has 0 spiro atoms. The molecular weight excluding hydrogens is 348 g/mol. The summed E-state index contributed by atoms with van der Waals surface area (Å²) in [7, 11) is 1.26. The van der Waals surface area contributed by atoms with Gasteiger partial charge in [0.1, 0.15) is 12.2 Å². The Morgan fingerprint density at radius 3 is 1.38 bits per heavy atom. The van der Waals surface area contributed by atoms with Crippen LogP contribution in [0.1, 0.15) is 72.6 Å². The van der Waals surface area contributed by atoms with Gasteiger partial charge in [0.05, 0.1) is 7.11 Å². The Balaban J connectivity index is 0. The van der Waals surface area contributed by atoms with Crippen molar-refractivity contribution >= 4 is 11.8 Å². The van der Waals surface area contributed by atoms with E-state index >= 15 is 0 Å². The fourth-order valence-corrected chi connectivity index (χ4v) is 3.15. The summed E-state index contributed by atoms with van der Waals surface area (Å²) in [5.41, 5.74) is 0. The molecule has 7 heteroatoms. The normalized spacial score (nSPS) is 9.88. The van der Waals surface area contributed by atoms with Crippen LogP contribution >= 0.6 is 0 Å². The van der Waals surface area contributed by atoms with E-state index in [1.54, 1.807) is 0 Å². The van der Waals surface area contributed by atoms with E-state index < -0.39 is 25.0 Å². The van der Waals surface area contributed by atoms with E-state index in [2.05, 4.69) is 25.5 Å². The monoisotopic (exact) mass is 383 g/mol. The molecule has 0 fully saturated rings. The summed E-state index contributed by atoms with van der Waals surface area (Å²) in [6.45, 7) is 10.2. The van der Waals surface area contributed by atoms with Gasteiger partial charge in [-0.2, -0.15) is 0 Å². The van der Waals surface area contributed by atoms with Gasteiger partial charge in [-0.05, 0) is 6.92 Å². The Kier molecular flexibility index (Phi) is 22.5. The van der Waals surface area contributed by atoms with Crippen molar-refractivity contribution in [2.75, 3.05) is 26.9 Å². The molecule has 0 amide bonds. The minimum absolute atomic E-state index is 0.115. The molecule has 0 saturated heterocycles. The molecule has 0 atom stereocenters. The van der Waals surface area contributed by atoms with Crippen LogP contribution in [-0.2, 0) is 43.3 Å². The average molecular weight is 383 g/mol. The third-order valence-corrected chi connectivity index (χ3v) is 4.83. The first kappa shape index (κ1) is 26.0. The van der Waals surface area contributed by atoms with Crippen LogP contribution in [0.2, 0.25) is 0 Å². The Labute approximate surface area is 154 Å². The van der Waals surface area contributed by atoms with Crippen molar-refractivity contribution in [3.05, 3.63) is 0 Å². The van der Waals surface area contributed by atoms with Crippen LogP contribution in [0, 0.1) is 0 Å². The number of hydrogen-bond donors (Lipinski definition) is 0. The second-order valence-corrected chi connectivity index (χ2v) is 7.44. The summed E-state index contributed by atoms with van der Waals surface area (Å²) >= 11 is -2.10. The first-order chi connectivity index (χ1) is 11.5. The summed E-state index contributed by atoms with van der Waals surface area (Å²) in [5, 5.41) is 0. The van der Waals surface area contributed by atoms with Crippen LogP contribution in [0.3, 0.4) is 0 Å². The molecule has 0 aromatic heterocycles. The molecule has 24 heavy (non-hydrogen) atoms. The van der Waals surface area contributed by atoms with Gasteiger partial charge in [0.25, 0.3) is 0 Å². The number of carbonyl (C=O) groups is 2. The molecular formula is C17H35O6Ti. The van der Waals surface area contributed by atoms with Crippen LogP contribution < -0.4 is 0 Å². The summed E-state index contributed by atoms with van der Waals surface area (Å²) in [4.78, 5) is 20.3. The maximum atomic E-state index is 10.2. The molecule has 0 N–H and O–H groups in total. The van der Waals surface area contributed by atoms with Gasteiger partial charge >= 0.3 is 114 Å². The molecule has 0 aliphatic rings. The Bertz CT molecular complexity index is 275. The maximum absolute atomic E-state index is 10.2. The third kappa shape index (κ3) is 21.7. The summed E-state index contributed by atoms with van der Waals surface area (Å²) in [6.07, 6.45) is 6.68. The molecule has 0 unspecified atom stereocenters. The molecule has 0 saturated carbocycles. The quantitative estimate of drug-likeness (QED) is 0.196. The van der Waals surface area contributed by atoms with E-state index in [0.717, 1.165) is 58.3 Å². The zero-order chi connectivity index (χ0) is 18.6. The van der Waals surface area contributed by atoms with Crippen molar-refractivity contribution in [2.45, 2.75) is 72.6 Å².